The number of carbonyl (C=O) groups excluding carboxylic acids is 4. The fourth-order valence-electron chi connectivity index (χ4n) is 1.05. The highest BCUT2D eigenvalue weighted by atomic mass is 16.6. The molecule has 0 radical (unpaired) electrons. The average molecular weight is 521 g/mol. The molecule has 0 aromatic rings. The second-order valence-electron chi connectivity index (χ2n) is 6.65. The van der Waals surface area contributed by atoms with Gasteiger partial charge in [0.05, 0.1) is 25.4 Å². The van der Waals surface area contributed by atoms with Gasteiger partial charge in [0, 0.05) is 23.3 Å². The summed E-state index contributed by atoms with van der Waals surface area (Å²) in [5.74, 6) is -1.92. The Hall–Kier alpha value is -3.32. The Labute approximate surface area is 212 Å². The minimum absolute atomic E-state index is 0.0326. The smallest absolute Gasteiger partial charge is 0.333 e. The zero-order valence-corrected chi connectivity index (χ0v) is 21.4. The summed E-state index contributed by atoms with van der Waals surface area (Å²) in [7, 11) is 0. The number of carbonyl (C=O) groups is 4. The van der Waals surface area contributed by atoms with Crippen molar-refractivity contribution < 1.29 is 58.6 Å². The summed E-state index contributed by atoms with van der Waals surface area (Å²) >= 11 is 0. The summed E-state index contributed by atoms with van der Waals surface area (Å²) in [6.45, 7) is 19.1. The zero-order chi connectivity index (χ0) is 29.1. The predicted octanol–water partition coefficient (Wildman–Crippen LogP) is 0.389. The molecule has 36 heavy (non-hydrogen) atoms. The molecule has 0 saturated carbocycles. The first-order valence-corrected chi connectivity index (χ1v) is 10.5. The van der Waals surface area contributed by atoms with Gasteiger partial charge in [-0.3, -0.25) is 0 Å². The molecule has 2 atom stereocenters. The van der Waals surface area contributed by atoms with E-state index in [0.29, 0.717) is 11.1 Å². The van der Waals surface area contributed by atoms with Crippen molar-refractivity contribution in [3.05, 3.63) is 49.6 Å². The fourth-order valence-corrected chi connectivity index (χ4v) is 1.05. The van der Waals surface area contributed by atoms with Crippen LogP contribution in [-0.4, -0.2) is 96.2 Å². The predicted molar refractivity (Wildman–Crippen MR) is 131 cm³/mol. The molecule has 0 spiro atoms. The van der Waals surface area contributed by atoms with Gasteiger partial charge in [-0.05, 0) is 27.7 Å². The van der Waals surface area contributed by atoms with Crippen LogP contribution < -0.4 is 0 Å². The number of esters is 4. The van der Waals surface area contributed by atoms with Crippen LogP contribution >= 0.6 is 0 Å². The van der Waals surface area contributed by atoms with Crippen LogP contribution in [0.25, 0.3) is 0 Å². The van der Waals surface area contributed by atoms with Crippen molar-refractivity contribution >= 4 is 23.9 Å². The van der Waals surface area contributed by atoms with Gasteiger partial charge in [-0.25, -0.2) is 19.2 Å². The Morgan fingerprint density at radius 3 is 1.36 bits per heavy atom. The van der Waals surface area contributed by atoms with Crippen molar-refractivity contribution in [2.24, 2.45) is 0 Å². The Morgan fingerprint density at radius 2 is 1.03 bits per heavy atom. The van der Waals surface area contributed by atoms with E-state index in [4.69, 9.17) is 20.4 Å². The normalized spacial score (nSPS) is 10.4. The van der Waals surface area contributed by atoms with E-state index in [1.54, 1.807) is 20.8 Å². The number of rotatable bonds is 12. The Morgan fingerprint density at radius 1 is 0.694 bits per heavy atom. The van der Waals surface area contributed by atoms with Crippen LogP contribution in [0, 0.1) is 0 Å². The largest absolute Gasteiger partial charge is 0.460 e. The molecule has 0 rings (SSSR count). The molecule has 2 unspecified atom stereocenters. The number of ether oxygens (including phenoxy) is 4. The van der Waals surface area contributed by atoms with E-state index in [9.17, 15) is 19.2 Å². The zero-order valence-electron chi connectivity index (χ0n) is 21.4. The first kappa shape index (κ1) is 39.9. The van der Waals surface area contributed by atoms with Crippen molar-refractivity contribution in [1.82, 2.24) is 0 Å². The van der Waals surface area contributed by atoms with Crippen LogP contribution in [0.15, 0.2) is 49.6 Å². The van der Waals surface area contributed by atoms with Gasteiger partial charge in [0.1, 0.15) is 26.4 Å². The lowest BCUT2D eigenvalue weighted by molar-refractivity contribution is -0.142. The third-order valence-electron chi connectivity index (χ3n) is 2.61. The number of hydrogen-bond donors (Lipinski definition) is 4. The summed E-state index contributed by atoms with van der Waals surface area (Å²) in [5.41, 5.74) is 0.698. The molecule has 0 saturated heterocycles. The molecule has 208 valence electrons. The lowest BCUT2D eigenvalue weighted by atomic mass is 10.3. The second-order valence-corrected chi connectivity index (χ2v) is 6.65. The van der Waals surface area contributed by atoms with Gasteiger partial charge in [0.2, 0.25) is 0 Å². The van der Waals surface area contributed by atoms with Gasteiger partial charge in [-0.1, -0.05) is 26.3 Å². The van der Waals surface area contributed by atoms with E-state index in [0.717, 1.165) is 12.2 Å². The van der Waals surface area contributed by atoms with Crippen LogP contribution in [0.2, 0.25) is 0 Å². The summed E-state index contributed by atoms with van der Waals surface area (Å²) < 4.78 is 17.8. The highest BCUT2D eigenvalue weighted by Crippen LogP contribution is 1.93. The Balaban J connectivity index is -0.000000190. The van der Waals surface area contributed by atoms with Crippen LogP contribution in [0.3, 0.4) is 0 Å². The van der Waals surface area contributed by atoms with Crippen LogP contribution in [0.4, 0.5) is 0 Å². The van der Waals surface area contributed by atoms with Crippen molar-refractivity contribution in [3.63, 3.8) is 0 Å². The lowest BCUT2D eigenvalue weighted by Crippen LogP contribution is -2.15. The fraction of sp³-hybridized carbons (Fsp3) is 0.500. The maximum atomic E-state index is 10.6. The first-order chi connectivity index (χ1) is 16.7. The standard InChI is InChI=1S/C7H12O3.2C6H10O3.C5H8O3/c1-5(2)7(9)10-4-6(3)8;1-5(2)6(8)9-4-3-7;1-3-6(8)9-4-5(2)7;1-2-5(7)8-4-3-6/h6,8H,1,4H2,2-3H3;7H,1,3-4H2,2H3;3,5,7H,1,4H2,2H3;2,6H,1,3-4H2. The third-order valence-corrected chi connectivity index (χ3v) is 2.61. The maximum absolute atomic E-state index is 10.6. The highest BCUT2D eigenvalue weighted by molar-refractivity contribution is 5.87. The summed E-state index contributed by atoms with van der Waals surface area (Å²) in [4.78, 5) is 41.5. The van der Waals surface area contributed by atoms with Gasteiger partial charge in [-0.2, -0.15) is 0 Å². The van der Waals surface area contributed by atoms with Crippen molar-refractivity contribution in [3.8, 4) is 0 Å². The van der Waals surface area contributed by atoms with Gasteiger partial charge in [0.25, 0.3) is 0 Å². The monoisotopic (exact) mass is 520 g/mol. The number of hydrogen-bond acceptors (Lipinski definition) is 12. The summed E-state index contributed by atoms with van der Waals surface area (Å²) in [5, 5.41) is 33.6. The third kappa shape index (κ3) is 38.0. The van der Waals surface area contributed by atoms with Crippen LogP contribution in [0.1, 0.15) is 27.7 Å². The highest BCUT2D eigenvalue weighted by Gasteiger charge is 2.04. The molecular weight excluding hydrogens is 480 g/mol. The first-order valence-electron chi connectivity index (χ1n) is 10.5. The molecular formula is C24H40O12. The molecule has 0 amide bonds. The molecule has 12 nitrogen and oxygen atoms in total. The maximum Gasteiger partial charge on any atom is 0.333 e. The van der Waals surface area contributed by atoms with Crippen molar-refractivity contribution in [2.45, 2.75) is 39.9 Å². The second kappa shape index (κ2) is 27.9. The minimum atomic E-state index is -0.608. The molecule has 4 N–H and O–H groups in total. The minimum Gasteiger partial charge on any atom is -0.460 e. The number of aliphatic hydroxyl groups excluding tert-OH is 4. The molecule has 0 fully saturated rings. The molecule has 0 heterocycles. The summed E-state index contributed by atoms with van der Waals surface area (Å²) in [6.07, 6.45) is 0.898. The Bertz CT molecular complexity index is 681. The van der Waals surface area contributed by atoms with Gasteiger partial charge < -0.3 is 39.4 Å². The van der Waals surface area contributed by atoms with Gasteiger partial charge >= 0.3 is 23.9 Å². The van der Waals surface area contributed by atoms with E-state index in [1.165, 1.54) is 6.92 Å². The quantitative estimate of drug-likeness (QED) is 0.158. The topological polar surface area (TPSA) is 186 Å². The van der Waals surface area contributed by atoms with E-state index in [2.05, 4.69) is 45.3 Å². The Kier molecular flexibility index (Phi) is 30.9. The average Bonchev–Trinajstić information content (AvgIpc) is 2.83. The molecule has 0 aliphatic carbocycles. The molecule has 0 aromatic carbocycles. The molecule has 12 heteroatoms. The molecule has 0 aliphatic rings. The van der Waals surface area contributed by atoms with Crippen LogP contribution in [-0.2, 0) is 38.1 Å². The van der Waals surface area contributed by atoms with E-state index in [1.807, 2.05) is 0 Å². The molecule has 0 aliphatic heterocycles. The van der Waals surface area contributed by atoms with E-state index in [-0.39, 0.29) is 39.6 Å². The summed E-state index contributed by atoms with van der Waals surface area (Å²) in [6, 6.07) is 0. The lowest BCUT2D eigenvalue weighted by Gasteiger charge is -2.04. The van der Waals surface area contributed by atoms with Crippen molar-refractivity contribution in [1.29, 1.82) is 0 Å². The van der Waals surface area contributed by atoms with Crippen molar-refractivity contribution in [2.75, 3.05) is 39.6 Å². The van der Waals surface area contributed by atoms with Gasteiger partial charge in [0.15, 0.2) is 0 Å². The SMILES string of the molecule is C=C(C)C(=O)OCC(C)O.C=C(C)C(=O)OCCO.C=CC(=O)OCC(C)O.C=CC(=O)OCCO. The number of aliphatic hydroxyl groups is 4. The van der Waals surface area contributed by atoms with Gasteiger partial charge in [-0.15, -0.1) is 0 Å². The molecule has 0 aromatic heterocycles. The van der Waals surface area contributed by atoms with E-state index >= 15 is 0 Å². The molecule has 0 bridgehead atoms. The van der Waals surface area contributed by atoms with E-state index < -0.39 is 36.1 Å². The van der Waals surface area contributed by atoms with Crippen LogP contribution in [0.5, 0.6) is 0 Å².